The molecule has 0 spiro atoms. The van der Waals surface area contributed by atoms with Gasteiger partial charge in [-0.05, 0) is 25.7 Å². The van der Waals surface area contributed by atoms with Gasteiger partial charge in [-0.1, -0.05) is 13.8 Å². The van der Waals surface area contributed by atoms with E-state index in [2.05, 4.69) is 32.6 Å². The Labute approximate surface area is 94.0 Å². The quantitative estimate of drug-likeness (QED) is 0.767. The van der Waals surface area contributed by atoms with Crippen LogP contribution < -0.4 is 5.73 Å². The predicted octanol–water partition coefficient (Wildman–Crippen LogP) is 1.33. The third kappa shape index (κ3) is 2.35. The molecule has 2 N–H and O–H groups in total. The van der Waals surface area contributed by atoms with Gasteiger partial charge in [-0.2, -0.15) is 0 Å². The van der Waals surface area contributed by atoms with Crippen LogP contribution in [0.25, 0.3) is 0 Å². The van der Waals surface area contributed by atoms with Gasteiger partial charge in [0.05, 0.1) is 11.6 Å². The summed E-state index contributed by atoms with van der Waals surface area (Å²) in [7, 11) is 1.77. The highest BCUT2D eigenvalue weighted by Crippen LogP contribution is 2.31. The Bertz CT molecular complexity index is 200. The first-order valence-corrected chi connectivity index (χ1v) is 5.93. The van der Waals surface area contributed by atoms with Crippen LogP contribution in [0.5, 0.6) is 0 Å². The lowest BCUT2D eigenvalue weighted by molar-refractivity contribution is -0.0229. The molecule has 0 amide bonds. The van der Waals surface area contributed by atoms with Crippen molar-refractivity contribution in [2.45, 2.75) is 39.3 Å². The zero-order valence-corrected chi connectivity index (χ0v) is 10.8. The summed E-state index contributed by atoms with van der Waals surface area (Å²) < 4.78 is 5.47. The van der Waals surface area contributed by atoms with Crippen LogP contribution in [0.15, 0.2) is 0 Å². The number of hydrogen-bond donors (Lipinski definition) is 1. The van der Waals surface area contributed by atoms with Crippen molar-refractivity contribution in [2.24, 2.45) is 17.6 Å². The summed E-state index contributed by atoms with van der Waals surface area (Å²) >= 11 is 0. The van der Waals surface area contributed by atoms with E-state index in [4.69, 9.17) is 10.5 Å². The van der Waals surface area contributed by atoms with Gasteiger partial charge in [-0.15, -0.1) is 0 Å². The number of hydrogen-bond acceptors (Lipinski definition) is 3. The van der Waals surface area contributed by atoms with Crippen LogP contribution >= 0.6 is 0 Å². The fourth-order valence-electron chi connectivity index (χ4n) is 2.35. The molecule has 1 saturated heterocycles. The van der Waals surface area contributed by atoms with Gasteiger partial charge in [-0.25, -0.2) is 0 Å². The fraction of sp³-hybridized carbons (Fsp3) is 1.00. The van der Waals surface area contributed by atoms with Crippen molar-refractivity contribution in [3.8, 4) is 0 Å². The van der Waals surface area contributed by atoms with Crippen molar-refractivity contribution in [3.05, 3.63) is 0 Å². The molecule has 1 aliphatic heterocycles. The Morgan fingerprint density at radius 3 is 2.20 bits per heavy atom. The van der Waals surface area contributed by atoms with Gasteiger partial charge in [-0.3, -0.25) is 4.90 Å². The van der Waals surface area contributed by atoms with Crippen molar-refractivity contribution in [1.29, 1.82) is 0 Å². The third-order valence-corrected chi connectivity index (χ3v) is 4.35. The van der Waals surface area contributed by atoms with Gasteiger partial charge < -0.3 is 10.5 Å². The molecule has 1 fully saturated rings. The maximum atomic E-state index is 5.93. The maximum absolute atomic E-state index is 5.93. The topological polar surface area (TPSA) is 38.5 Å². The first-order valence-electron chi connectivity index (χ1n) is 5.93. The van der Waals surface area contributed by atoms with E-state index in [9.17, 15) is 0 Å². The number of likely N-dealkylation sites (tertiary alicyclic amines) is 1. The summed E-state index contributed by atoms with van der Waals surface area (Å²) in [5.74, 6) is 1.53. The van der Waals surface area contributed by atoms with E-state index < -0.39 is 0 Å². The van der Waals surface area contributed by atoms with Crippen LogP contribution in [0.1, 0.15) is 27.7 Å². The van der Waals surface area contributed by atoms with E-state index in [1.165, 1.54) is 0 Å². The molecular weight excluding hydrogens is 188 g/mol. The van der Waals surface area contributed by atoms with Crippen LogP contribution in [0.3, 0.4) is 0 Å². The van der Waals surface area contributed by atoms with Gasteiger partial charge >= 0.3 is 0 Å². The molecule has 0 aromatic heterocycles. The SMILES string of the molecule is COC(C)C(C)(CN)N1CC(C)C(C)C1. The van der Waals surface area contributed by atoms with Gasteiger partial charge in [0.15, 0.2) is 0 Å². The molecular formula is C12H26N2O. The highest BCUT2D eigenvalue weighted by molar-refractivity contribution is 4.97. The van der Waals surface area contributed by atoms with Crippen molar-refractivity contribution < 1.29 is 4.74 Å². The van der Waals surface area contributed by atoms with Gasteiger partial charge in [0.1, 0.15) is 0 Å². The summed E-state index contributed by atoms with van der Waals surface area (Å²) in [5, 5.41) is 0. The number of methoxy groups -OCH3 is 1. The summed E-state index contributed by atoms with van der Waals surface area (Å²) in [4.78, 5) is 2.50. The molecule has 15 heavy (non-hydrogen) atoms. The van der Waals surface area contributed by atoms with E-state index in [-0.39, 0.29) is 11.6 Å². The normalized spacial score (nSPS) is 34.0. The Balaban J connectivity index is 2.75. The first kappa shape index (κ1) is 12.9. The summed E-state index contributed by atoms with van der Waals surface area (Å²) in [6.45, 7) is 11.9. The Hall–Kier alpha value is -0.120. The fourth-order valence-corrected chi connectivity index (χ4v) is 2.35. The number of ether oxygens (including phenoxy) is 1. The molecule has 0 bridgehead atoms. The first-order chi connectivity index (χ1) is 6.95. The monoisotopic (exact) mass is 214 g/mol. The zero-order valence-electron chi connectivity index (χ0n) is 10.8. The summed E-state index contributed by atoms with van der Waals surface area (Å²) in [5.41, 5.74) is 5.91. The lowest BCUT2D eigenvalue weighted by Crippen LogP contribution is -2.58. The minimum Gasteiger partial charge on any atom is -0.380 e. The van der Waals surface area contributed by atoms with Crippen molar-refractivity contribution >= 4 is 0 Å². The second-order valence-electron chi connectivity index (χ2n) is 5.30. The molecule has 90 valence electrons. The lowest BCUT2D eigenvalue weighted by Gasteiger charge is -2.42. The number of nitrogens with two attached hydrogens (primary N) is 1. The van der Waals surface area contributed by atoms with Gasteiger partial charge in [0.2, 0.25) is 0 Å². The molecule has 4 atom stereocenters. The molecule has 0 aromatic carbocycles. The molecule has 0 aliphatic carbocycles. The van der Waals surface area contributed by atoms with Crippen LogP contribution in [0.2, 0.25) is 0 Å². The summed E-state index contributed by atoms with van der Waals surface area (Å²) in [6.07, 6.45) is 0.181. The lowest BCUT2D eigenvalue weighted by atomic mass is 9.93. The van der Waals surface area contributed by atoms with Crippen molar-refractivity contribution in [1.82, 2.24) is 4.90 Å². The van der Waals surface area contributed by atoms with E-state index >= 15 is 0 Å². The van der Waals surface area contributed by atoms with Crippen molar-refractivity contribution in [2.75, 3.05) is 26.7 Å². The molecule has 0 aromatic rings. The third-order valence-electron chi connectivity index (χ3n) is 4.35. The zero-order chi connectivity index (χ0) is 11.6. The predicted molar refractivity (Wildman–Crippen MR) is 63.8 cm³/mol. The van der Waals surface area contributed by atoms with E-state index in [0.29, 0.717) is 6.54 Å². The average molecular weight is 214 g/mol. The second kappa shape index (κ2) is 4.81. The van der Waals surface area contributed by atoms with E-state index in [1.807, 2.05) is 0 Å². The van der Waals surface area contributed by atoms with Gasteiger partial charge in [0.25, 0.3) is 0 Å². The minimum absolute atomic E-state index is 0.0201. The van der Waals surface area contributed by atoms with Crippen LogP contribution in [0, 0.1) is 11.8 Å². The standard InChI is InChI=1S/C12H26N2O/c1-9-6-14(7-10(9)2)12(4,8-13)11(3)15-5/h9-11H,6-8,13H2,1-5H3. The molecule has 1 aliphatic rings. The number of nitrogens with zero attached hydrogens (tertiary/aromatic N) is 1. The molecule has 0 saturated carbocycles. The Morgan fingerprint density at radius 2 is 1.87 bits per heavy atom. The maximum Gasteiger partial charge on any atom is 0.0736 e. The van der Waals surface area contributed by atoms with Crippen LogP contribution in [0.4, 0.5) is 0 Å². The van der Waals surface area contributed by atoms with E-state index in [1.54, 1.807) is 7.11 Å². The van der Waals surface area contributed by atoms with E-state index in [0.717, 1.165) is 24.9 Å². The molecule has 4 unspecified atom stereocenters. The molecule has 0 radical (unpaired) electrons. The van der Waals surface area contributed by atoms with Crippen LogP contribution in [-0.2, 0) is 4.74 Å². The second-order valence-corrected chi connectivity index (χ2v) is 5.30. The van der Waals surface area contributed by atoms with Crippen molar-refractivity contribution in [3.63, 3.8) is 0 Å². The molecule has 3 nitrogen and oxygen atoms in total. The molecule has 1 heterocycles. The smallest absolute Gasteiger partial charge is 0.0736 e. The Kier molecular flexibility index (Phi) is 4.15. The Morgan fingerprint density at radius 1 is 1.40 bits per heavy atom. The van der Waals surface area contributed by atoms with Crippen LogP contribution in [-0.4, -0.2) is 43.3 Å². The highest BCUT2D eigenvalue weighted by atomic mass is 16.5. The van der Waals surface area contributed by atoms with Gasteiger partial charge in [0, 0.05) is 26.7 Å². The minimum atomic E-state index is -0.0201. The summed E-state index contributed by atoms with van der Waals surface area (Å²) in [6, 6.07) is 0. The molecule has 3 heteroatoms. The molecule has 1 rings (SSSR count). The largest absolute Gasteiger partial charge is 0.380 e. The highest BCUT2D eigenvalue weighted by Gasteiger charge is 2.41. The average Bonchev–Trinajstić information content (AvgIpc) is 2.57. The number of rotatable bonds is 4.